The molecule has 4 aromatic rings. The maximum absolute atomic E-state index is 12.9. The Morgan fingerprint density at radius 1 is 1.27 bits per heavy atom. The standard InChI is InChI=1S/C22H23N5OS2/c1-12-9-10-15-16(11-12)30-21-17(15)20(28)23-18(24-21)13(2)29-22-26-25-19(27(22)3)14-7-5-4-6-8-14/h4-8,12-13H,9-11H2,1-3H3,(H,23,24,28). The molecule has 154 valence electrons. The van der Waals surface area contributed by atoms with Gasteiger partial charge >= 0.3 is 0 Å². The number of nitrogens with zero attached hydrogens (tertiary/aromatic N) is 4. The quantitative estimate of drug-likeness (QED) is 0.466. The van der Waals surface area contributed by atoms with E-state index in [1.807, 2.05) is 48.9 Å². The lowest BCUT2D eigenvalue weighted by Crippen LogP contribution is -2.15. The van der Waals surface area contributed by atoms with Crippen molar-refractivity contribution in [3.05, 3.63) is 57.0 Å². The Balaban J connectivity index is 1.45. The maximum Gasteiger partial charge on any atom is 0.259 e. The summed E-state index contributed by atoms with van der Waals surface area (Å²) in [4.78, 5) is 23.0. The molecule has 0 saturated heterocycles. The molecule has 30 heavy (non-hydrogen) atoms. The molecular formula is C22H23N5OS2. The van der Waals surface area contributed by atoms with Gasteiger partial charge in [-0.25, -0.2) is 4.98 Å². The highest BCUT2D eigenvalue weighted by Gasteiger charge is 2.24. The van der Waals surface area contributed by atoms with E-state index in [0.29, 0.717) is 11.7 Å². The van der Waals surface area contributed by atoms with Crippen LogP contribution in [0.3, 0.4) is 0 Å². The lowest BCUT2D eigenvalue weighted by molar-refractivity contribution is 0.509. The maximum atomic E-state index is 12.9. The van der Waals surface area contributed by atoms with Crippen LogP contribution < -0.4 is 5.56 Å². The molecule has 3 heterocycles. The van der Waals surface area contributed by atoms with Crippen LogP contribution in [0.15, 0.2) is 40.3 Å². The zero-order valence-electron chi connectivity index (χ0n) is 17.2. The first-order valence-electron chi connectivity index (χ1n) is 10.2. The van der Waals surface area contributed by atoms with E-state index < -0.39 is 0 Å². The van der Waals surface area contributed by atoms with E-state index in [-0.39, 0.29) is 10.8 Å². The Hall–Kier alpha value is -2.45. The fourth-order valence-electron chi connectivity index (χ4n) is 4.03. The van der Waals surface area contributed by atoms with E-state index in [4.69, 9.17) is 4.98 Å². The number of benzene rings is 1. The van der Waals surface area contributed by atoms with Gasteiger partial charge in [-0.1, -0.05) is 49.0 Å². The molecule has 0 bridgehead atoms. The van der Waals surface area contributed by atoms with Crippen molar-refractivity contribution in [1.29, 1.82) is 0 Å². The zero-order valence-corrected chi connectivity index (χ0v) is 18.8. The summed E-state index contributed by atoms with van der Waals surface area (Å²) in [5, 5.41) is 10.3. The van der Waals surface area contributed by atoms with Gasteiger partial charge < -0.3 is 9.55 Å². The van der Waals surface area contributed by atoms with E-state index in [0.717, 1.165) is 46.0 Å². The second-order valence-corrected chi connectivity index (χ2v) is 10.4. The minimum Gasteiger partial charge on any atom is -0.309 e. The Labute approximate surface area is 182 Å². The largest absolute Gasteiger partial charge is 0.309 e. The summed E-state index contributed by atoms with van der Waals surface area (Å²) >= 11 is 3.24. The van der Waals surface area contributed by atoms with Crippen LogP contribution in [0.2, 0.25) is 0 Å². The third kappa shape index (κ3) is 3.37. The van der Waals surface area contributed by atoms with Crippen molar-refractivity contribution in [2.45, 2.75) is 43.5 Å². The highest BCUT2D eigenvalue weighted by molar-refractivity contribution is 7.99. The molecule has 8 heteroatoms. The lowest BCUT2D eigenvalue weighted by atomic mass is 9.89. The molecule has 1 aliphatic rings. The van der Waals surface area contributed by atoms with Crippen LogP contribution in [0.4, 0.5) is 0 Å². The monoisotopic (exact) mass is 437 g/mol. The average molecular weight is 438 g/mol. The van der Waals surface area contributed by atoms with Crippen molar-refractivity contribution in [3.63, 3.8) is 0 Å². The number of H-pyrrole nitrogens is 1. The second-order valence-electron chi connectivity index (χ2n) is 7.97. The second kappa shape index (κ2) is 7.67. The SMILES string of the molecule is CC1CCc2c(sc3nc(C(C)Sc4nnc(-c5ccccc5)n4C)[nH]c(=O)c23)C1. The van der Waals surface area contributed by atoms with E-state index in [9.17, 15) is 4.79 Å². The number of thiophene rings is 1. The molecule has 0 radical (unpaired) electrons. The molecule has 0 saturated carbocycles. The molecule has 5 rings (SSSR count). The van der Waals surface area contributed by atoms with E-state index in [2.05, 4.69) is 22.1 Å². The average Bonchev–Trinajstić information content (AvgIpc) is 3.28. The predicted octanol–water partition coefficient (Wildman–Crippen LogP) is 4.76. The first-order chi connectivity index (χ1) is 14.5. The van der Waals surface area contributed by atoms with Gasteiger partial charge in [-0.3, -0.25) is 4.79 Å². The van der Waals surface area contributed by atoms with Crippen molar-refractivity contribution >= 4 is 33.3 Å². The fourth-order valence-corrected chi connectivity index (χ4v) is 6.29. The molecule has 0 aliphatic heterocycles. The number of aromatic amines is 1. The van der Waals surface area contributed by atoms with E-state index in [1.54, 1.807) is 23.1 Å². The summed E-state index contributed by atoms with van der Waals surface area (Å²) in [5.74, 6) is 2.18. The summed E-state index contributed by atoms with van der Waals surface area (Å²) in [7, 11) is 1.96. The van der Waals surface area contributed by atoms with E-state index in [1.165, 1.54) is 10.4 Å². The van der Waals surface area contributed by atoms with Crippen molar-refractivity contribution in [2.24, 2.45) is 13.0 Å². The van der Waals surface area contributed by atoms with Gasteiger partial charge in [-0.05, 0) is 37.7 Å². The summed E-state index contributed by atoms with van der Waals surface area (Å²) in [5.41, 5.74) is 2.23. The zero-order chi connectivity index (χ0) is 20.8. The molecule has 2 atom stereocenters. The van der Waals surface area contributed by atoms with Crippen LogP contribution >= 0.6 is 23.1 Å². The minimum atomic E-state index is -0.0494. The third-order valence-electron chi connectivity index (χ3n) is 5.72. The van der Waals surface area contributed by atoms with Gasteiger partial charge in [0.15, 0.2) is 11.0 Å². The molecular weight excluding hydrogens is 414 g/mol. The van der Waals surface area contributed by atoms with Crippen molar-refractivity contribution in [1.82, 2.24) is 24.7 Å². The Morgan fingerprint density at radius 3 is 2.87 bits per heavy atom. The van der Waals surface area contributed by atoms with Crippen LogP contribution in [-0.4, -0.2) is 24.7 Å². The minimum absolute atomic E-state index is 0.0163. The normalized spacial score (nSPS) is 17.2. The van der Waals surface area contributed by atoms with Gasteiger partial charge in [0, 0.05) is 17.5 Å². The Bertz CT molecular complexity index is 1270. The number of hydrogen-bond acceptors (Lipinski definition) is 6. The van der Waals surface area contributed by atoms with Gasteiger partial charge in [0.2, 0.25) is 0 Å². The van der Waals surface area contributed by atoms with Crippen molar-refractivity contribution in [2.75, 3.05) is 0 Å². The smallest absolute Gasteiger partial charge is 0.259 e. The number of aryl methyl sites for hydroxylation is 1. The van der Waals surface area contributed by atoms with Crippen LogP contribution in [0.25, 0.3) is 21.6 Å². The van der Waals surface area contributed by atoms with Gasteiger partial charge in [0.25, 0.3) is 5.56 Å². The van der Waals surface area contributed by atoms with Crippen molar-refractivity contribution in [3.8, 4) is 11.4 Å². The van der Waals surface area contributed by atoms with Crippen LogP contribution in [0, 0.1) is 5.92 Å². The number of aromatic nitrogens is 5. The predicted molar refractivity (Wildman–Crippen MR) is 122 cm³/mol. The van der Waals surface area contributed by atoms with Crippen LogP contribution in [-0.2, 0) is 19.9 Å². The molecule has 0 amide bonds. The molecule has 0 spiro atoms. The molecule has 0 fully saturated rings. The fraction of sp³-hybridized carbons (Fsp3) is 0.364. The lowest BCUT2D eigenvalue weighted by Gasteiger charge is -2.17. The molecule has 1 aliphatic carbocycles. The van der Waals surface area contributed by atoms with Crippen LogP contribution in [0.1, 0.15) is 41.8 Å². The highest BCUT2D eigenvalue weighted by Crippen LogP contribution is 2.38. The number of nitrogens with one attached hydrogen (secondary N) is 1. The Kier molecular flexibility index (Phi) is 4.99. The van der Waals surface area contributed by atoms with Crippen molar-refractivity contribution < 1.29 is 0 Å². The van der Waals surface area contributed by atoms with E-state index >= 15 is 0 Å². The van der Waals surface area contributed by atoms with Gasteiger partial charge in [-0.15, -0.1) is 21.5 Å². The third-order valence-corrected chi connectivity index (χ3v) is 8.01. The molecule has 3 aromatic heterocycles. The summed E-state index contributed by atoms with van der Waals surface area (Å²) < 4.78 is 1.98. The number of fused-ring (bicyclic) bond motifs is 3. The molecule has 6 nitrogen and oxygen atoms in total. The van der Waals surface area contributed by atoms with Crippen LogP contribution in [0.5, 0.6) is 0 Å². The topological polar surface area (TPSA) is 76.5 Å². The number of hydrogen-bond donors (Lipinski definition) is 1. The molecule has 2 unspecified atom stereocenters. The van der Waals surface area contributed by atoms with Gasteiger partial charge in [0.05, 0.1) is 10.6 Å². The number of thioether (sulfide) groups is 1. The molecule has 1 N–H and O–H groups in total. The highest BCUT2D eigenvalue weighted by atomic mass is 32.2. The van der Waals surface area contributed by atoms with Gasteiger partial charge in [-0.2, -0.15) is 0 Å². The molecule has 1 aromatic carbocycles. The van der Waals surface area contributed by atoms with Gasteiger partial charge in [0.1, 0.15) is 10.7 Å². The summed E-state index contributed by atoms with van der Waals surface area (Å²) in [6.07, 6.45) is 3.17. The Morgan fingerprint density at radius 2 is 2.07 bits per heavy atom. The summed E-state index contributed by atoms with van der Waals surface area (Å²) in [6.45, 7) is 4.32. The first kappa shape index (κ1) is 19.5. The summed E-state index contributed by atoms with van der Waals surface area (Å²) in [6, 6.07) is 10.0. The first-order valence-corrected chi connectivity index (χ1v) is 11.9. The number of rotatable bonds is 4.